The average molecular weight is 668 g/mol. The van der Waals surface area contributed by atoms with Crippen molar-refractivity contribution in [1.29, 1.82) is 0 Å². The third-order valence-corrected chi connectivity index (χ3v) is 9.57. The van der Waals surface area contributed by atoms with E-state index in [1.165, 1.54) is 21.9 Å². The van der Waals surface area contributed by atoms with Crippen molar-refractivity contribution in [2.75, 3.05) is 0 Å². The van der Waals surface area contributed by atoms with Crippen LogP contribution in [0.5, 0.6) is 0 Å². The smallest absolute Gasteiger partial charge is 0.164 e. The maximum absolute atomic E-state index is 6.34. The van der Waals surface area contributed by atoms with Crippen LogP contribution >= 0.6 is 0 Å². The van der Waals surface area contributed by atoms with Gasteiger partial charge >= 0.3 is 0 Å². The first kappa shape index (κ1) is 31.1. The van der Waals surface area contributed by atoms with E-state index in [1.807, 2.05) is 18.2 Å². The topological polar surface area (TPSA) is 51.8 Å². The molecule has 0 amide bonds. The minimum absolute atomic E-state index is 0.575. The number of fused-ring (bicyclic) bond motifs is 3. The van der Waals surface area contributed by atoms with Gasteiger partial charge in [-0.25, -0.2) is 15.0 Å². The molecule has 4 heteroatoms. The van der Waals surface area contributed by atoms with Crippen LogP contribution in [0.3, 0.4) is 0 Å². The Morgan fingerprint density at radius 1 is 0.519 bits per heavy atom. The van der Waals surface area contributed by atoms with E-state index in [0.29, 0.717) is 23.2 Å². The molecule has 9 aromatic rings. The first-order chi connectivity index (χ1) is 25.7. The zero-order valence-electron chi connectivity index (χ0n) is 28.4. The van der Waals surface area contributed by atoms with Crippen molar-refractivity contribution in [2.24, 2.45) is 0 Å². The predicted molar refractivity (Wildman–Crippen MR) is 216 cm³/mol. The van der Waals surface area contributed by atoms with E-state index in [1.54, 1.807) is 6.08 Å². The highest BCUT2D eigenvalue weighted by atomic mass is 16.3. The normalized spacial score (nSPS) is 11.5. The van der Waals surface area contributed by atoms with Gasteiger partial charge in [0.25, 0.3) is 0 Å². The molecule has 246 valence electrons. The molecule has 0 radical (unpaired) electrons. The summed E-state index contributed by atoms with van der Waals surface area (Å²) >= 11 is 0. The summed E-state index contributed by atoms with van der Waals surface area (Å²) in [5.74, 6) is 2.49. The Bertz CT molecular complexity index is 2770. The van der Waals surface area contributed by atoms with Crippen molar-refractivity contribution in [2.45, 2.75) is 6.42 Å². The molecule has 0 aliphatic rings. The lowest BCUT2D eigenvalue weighted by molar-refractivity contribution is 0.603. The molecule has 2 heterocycles. The molecule has 9 rings (SSSR count). The van der Waals surface area contributed by atoms with Crippen molar-refractivity contribution in [3.8, 4) is 45.3 Å². The van der Waals surface area contributed by atoms with Crippen molar-refractivity contribution in [3.05, 3.63) is 187 Å². The van der Waals surface area contributed by atoms with Gasteiger partial charge in [-0.3, -0.25) is 0 Å². The molecule has 0 saturated carbocycles. The molecule has 0 atom stereocenters. The maximum Gasteiger partial charge on any atom is 0.164 e. The van der Waals surface area contributed by atoms with Gasteiger partial charge in [-0.15, -0.1) is 0 Å². The van der Waals surface area contributed by atoms with Crippen LogP contribution in [0.1, 0.15) is 16.9 Å². The van der Waals surface area contributed by atoms with Crippen LogP contribution in [0, 0.1) is 0 Å². The lowest BCUT2D eigenvalue weighted by atomic mass is 9.97. The summed E-state index contributed by atoms with van der Waals surface area (Å²) in [7, 11) is 0. The molecule has 0 bridgehead atoms. The molecule has 0 aliphatic carbocycles. The number of hydrogen-bond donors (Lipinski definition) is 0. The molecule has 0 fully saturated rings. The Hall–Kier alpha value is -6.91. The monoisotopic (exact) mass is 667 g/mol. The van der Waals surface area contributed by atoms with E-state index >= 15 is 0 Å². The summed E-state index contributed by atoms with van der Waals surface area (Å²) < 4.78 is 6.34. The van der Waals surface area contributed by atoms with Crippen LogP contribution in [0.25, 0.3) is 90.0 Å². The summed E-state index contributed by atoms with van der Waals surface area (Å²) in [5.41, 5.74) is 7.96. The van der Waals surface area contributed by atoms with Gasteiger partial charge < -0.3 is 4.42 Å². The highest BCUT2D eigenvalue weighted by Crippen LogP contribution is 2.37. The van der Waals surface area contributed by atoms with Gasteiger partial charge in [0, 0.05) is 27.6 Å². The molecule has 7 aromatic carbocycles. The van der Waals surface area contributed by atoms with E-state index < -0.39 is 0 Å². The minimum Gasteiger partial charge on any atom is -0.456 e. The summed E-state index contributed by atoms with van der Waals surface area (Å²) in [6, 6.07) is 54.6. The second-order valence-electron chi connectivity index (χ2n) is 12.8. The molecule has 2 aromatic heterocycles. The van der Waals surface area contributed by atoms with Gasteiger partial charge in [-0.2, -0.15) is 0 Å². The Morgan fingerprint density at radius 2 is 1.15 bits per heavy atom. The fraction of sp³-hybridized carbons (Fsp3) is 0.0208. The summed E-state index contributed by atoms with van der Waals surface area (Å²) in [6.07, 6.45) is 6.85. The highest BCUT2D eigenvalue weighted by Gasteiger charge is 2.19. The molecule has 0 unspecified atom stereocenters. The molecule has 52 heavy (non-hydrogen) atoms. The molecule has 0 saturated heterocycles. The first-order valence-electron chi connectivity index (χ1n) is 17.4. The van der Waals surface area contributed by atoms with Crippen LogP contribution in [0.4, 0.5) is 0 Å². The van der Waals surface area contributed by atoms with E-state index in [2.05, 4.69) is 158 Å². The number of aromatic nitrogens is 3. The highest BCUT2D eigenvalue weighted by molar-refractivity contribution is 6.01. The Balaban J connectivity index is 1.19. The van der Waals surface area contributed by atoms with Crippen molar-refractivity contribution in [3.63, 3.8) is 0 Å². The molecule has 0 N–H and O–H groups in total. The maximum atomic E-state index is 6.34. The fourth-order valence-corrected chi connectivity index (χ4v) is 6.98. The third-order valence-electron chi connectivity index (χ3n) is 9.57. The molecular formula is C48H33N3O. The van der Waals surface area contributed by atoms with E-state index in [-0.39, 0.29) is 0 Å². The van der Waals surface area contributed by atoms with Crippen LogP contribution in [0.15, 0.2) is 175 Å². The largest absolute Gasteiger partial charge is 0.456 e. The number of allylic oxidation sites excluding steroid dienone is 1. The van der Waals surface area contributed by atoms with Gasteiger partial charge in [-0.1, -0.05) is 164 Å². The van der Waals surface area contributed by atoms with Crippen LogP contribution < -0.4 is 0 Å². The van der Waals surface area contributed by atoms with E-state index in [9.17, 15) is 0 Å². The summed E-state index contributed by atoms with van der Waals surface area (Å²) in [4.78, 5) is 15.4. The third kappa shape index (κ3) is 5.86. The van der Waals surface area contributed by atoms with Crippen LogP contribution in [-0.2, 0) is 6.42 Å². The van der Waals surface area contributed by atoms with Crippen molar-refractivity contribution < 1.29 is 4.42 Å². The standard InChI is InChI=1S/C48H33N3O/c1-2-43-41(22-10-15-32-13-4-3-5-14-32)45-42(23-12-24-44(45)52-43)48-50-46(49-47(51-48)38-30-25-33-16-6-7-18-37(33)31-38)36-28-26-35(27-29-36)40-21-11-19-34-17-8-9-20-39(34)40/h2-14,16-31H,1,15H2/b22-10-. The molecule has 4 nitrogen and oxygen atoms in total. The Labute approximate surface area is 302 Å². The van der Waals surface area contributed by atoms with E-state index in [4.69, 9.17) is 19.4 Å². The molecule has 0 aliphatic heterocycles. The predicted octanol–water partition coefficient (Wildman–Crippen LogP) is 12.5. The first-order valence-corrected chi connectivity index (χ1v) is 17.4. The van der Waals surface area contributed by atoms with Gasteiger partial charge in [-0.05, 0) is 62.9 Å². The van der Waals surface area contributed by atoms with Gasteiger partial charge in [0.1, 0.15) is 11.3 Å². The second kappa shape index (κ2) is 13.4. The molecular weight excluding hydrogens is 635 g/mol. The lowest BCUT2D eigenvalue weighted by Gasteiger charge is -2.11. The number of hydrogen-bond acceptors (Lipinski definition) is 4. The summed E-state index contributed by atoms with van der Waals surface area (Å²) in [5, 5.41) is 5.67. The van der Waals surface area contributed by atoms with Crippen LogP contribution in [-0.4, -0.2) is 15.0 Å². The zero-order chi connectivity index (χ0) is 34.9. The van der Waals surface area contributed by atoms with Gasteiger partial charge in [0.15, 0.2) is 17.5 Å². The molecule has 0 spiro atoms. The average Bonchev–Trinajstić information content (AvgIpc) is 3.58. The Morgan fingerprint density at radius 3 is 1.98 bits per heavy atom. The summed E-state index contributed by atoms with van der Waals surface area (Å²) in [6.45, 7) is 4.06. The van der Waals surface area contributed by atoms with Crippen molar-refractivity contribution in [1.82, 2.24) is 15.0 Å². The van der Waals surface area contributed by atoms with Gasteiger partial charge in [0.2, 0.25) is 0 Å². The van der Waals surface area contributed by atoms with Crippen molar-refractivity contribution >= 4 is 44.7 Å². The van der Waals surface area contributed by atoms with Gasteiger partial charge in [0.05, 0.1) is 0 Å². The fourth-order valence-electron chi connectivity index (χ4n) is 6.98. The Kier molecular flexibility index (Phi) is 8.03. The number of benzene rings is 7. The van der Waals surface area contributed by atoms with Crippen LogP contribution in [0.2, 0.25) is 0 Å². The quantitative estimate of drug-likeness (QED) is 0.162. The van der Waals surface area contributed by atoms with E-state index in [0.717, 1.165) is 56.0 Å². The number of rotatable bonds is 8. The number of nitrogens with zero attached hydrogens (tertiary/aromatic N) is 3. The zero-order valence-corrected chi connectivity index (χ0v) is 28.4. The number of furan rings is 1. The SMILES string of the molecule is C=Cc1oc2cccc(-c3nc(-c4ccc(-c5cccc6ccccc56)cc4)nc(-c4ccc5ccccc5c4)n3)c2c1/C=C\Cc1ccccc1. The minimum atomic E-state index is 0.575. The lowest BCUT2D eigenvalue weighted by Crippen LogP contribution is -2.00. The second-order valence-corrected chi connectivity index (χ2v) is 12.8.